The zero-order valence-corrected chi connectivity index (χ0v) is 26.2. The van der Waals surface area contributed by atoms with Gasteiger partial charge in [-0.25, -0.2) is 0 Å². The summed E-state index contributed by atoms with van der Waals surface area (Å²) < 4.78 is 2.42. The Hall–Kier alpha value is -3.91. The van der Waals surface area contributed by atoms with Crippen molar-refractivity contribution < 1.29 is 4.58 Å². The van der Waals surface area contributed by atoms with Crippen LogP contribution in [0.4, 0.5) is 11.4 Å². The minimum atomic E-state index is -0.111. The van der Waals surface area contributed by atoms with Crippen LogP contribution in [0.5, 0.6) is 0 Å². The second-order valence-electron chi connectivity index (χ2n) is 13.0. The fraction of sp³-hybridized carbons (Fsp3) is 0.325. The van der Waals surface area contributed by atoms with Gasteiger partial charge in [0.2, 0.25) is 5.69 Å². The first kappa shape index (κ1) is 28.2. The van der Waals surface area contributed by atoms with Crippen molar-refractivity contribution in [2.45, 2.75) is 71.1 Å². The Bertz CT molecular complexity index is 1720. The lowest BCUT2D eigenvalue weighted by atomic mass is 9.76. The van der Waals surface area contributed by atoms with E-state index in [9.17, 15) is 0 Å². The Morgan fingerprint density at radius 3 is 2.38 bits per heavy atom. The number of rotatable bonds is 8. The molecule has 0 aliphatic carbocycles. The van der Waals surface area contributed by atoms with E-state index in [1.807, 2.05) is 0 Å². The summed E-state index contributed by atoms with van der Waals surface area (Å²) in [4.78, 5) is 2.62. The molecule has 2 aliphatic rings. The second-order valence-corrected chi connectivity index (χ2v) is 13.0. The predicted octanol–water partition coefficient (Wildman–Crippen LogP) is 9.81. The van der Waals surface area contributed by atoms with E-state index in [0.717, 1.165) is 13.0 Å². The molecular formula is C40H45N2+. The number of fused-ring (bicyclic) bond motifs is 4. The maximum atomic E-state index is 2.62. The van der Waals surface area contributed by atoms with Crippen molar-refractivity contribution in [1.29, 1.82) is 0 Å². The summed E-state index contributed by atoms with van der Waals surface area (Å²) in [5.74, 6) is 0. The first-order chi connectivity index (χ1) is 20.3. The SMILES string of the molecule is CCCCCN1C(=CC=CC2=[N+](C)c3c(ccc4ccccc34)C2(C)C)C(C)(Cc2ccccc2)c2cc(C)ccc21. The molecule has 0 radical (unpaired) electrons. The molecule has 1 unspecified atom stereocenters. The van der Waals surface area contributed by atoms with Crippen LogP contribution in [0.2, 0.25) is 0 Å². The van der Waals surface area contributed by atoms with Gasteiger partial charge in [-0.3, -0.25) is 0 Å². The summed E-state index contributed by atoms with van der Waals surface area (Å²) in [7, 11) is 2.23. The normalized spacial score (nSPS) is 20.2. The van der Waals surface area contributed by atoms with Gasteiger partial charge in [-0.1, -0.05) is 104 Å². The van der Waals surface area contributed by atoms with E-state index in [-0.39, 0.29) is 10.8 Å². The van der Waals surface area contributed by atoms with Gasteiger partial charge in [0.05, 0.1) is 10.8 Å². The topological polar surface area (TPSA) is 6.25 Å². The summed E-state index contributed by atoms with van der Waals surface area (Å²) >= 11 is 0. The van der Waals surface area contributed by atoms with Crippen molar-refractivity contribution in [2.24, 2.45) is 0 Å². The molecule has 0 saturated heterocycles. The van der Waals surface area contributed by atoms with Crippen LogP contribution in [-0.4, -0.2) is 23.9 Å². The fourth-order valence-electron chi connectivity index (χ4n) is 7.47. The average molecular weight is 554 g/mol. The molecule has 0 bridgehead atoms. The van der Waals surface area contributed by atoms with Crippen molar-refractivity contribution in [1.82, 2.24) is 0 Å². The highest BCUT2D eigenvalue weighted by atomic mass is 15.2. The molecule has 2 heteroatoms. The fourth-order valence-corrected chi connectivity index (χ4v) is 7.47. The molecule has 0 amide bonds. The highest BCUT2D eigenvalue weighted by Gasteiger charge is 2.45. The van der Waals surface area contributed by atoms with Gasteiger partial charge in [-0.15, -0.1) is 0 Å². The number of nitrogens with zero attached hydrogens (tertiary/aromatic N) is 2. The quantitative estimate of drug-likeness (QED) is 0.155. The van der Waals surface area contributed by atoms with Crippen LogP contribution < -0.4 is 4.90 Å². The summed E-state index contributed by atoms with van der Waals surface area (Å²) in [6.45, 7) is 12.7. The van der Waals surface area contributed by atoms with E-state index in [1.54, 1.807) is 0 Å². The molecule has 0 aromatic heterocycles. The number of aryl methyl sites for hydroxylation is 1. The first-order valence-corrected chi connectivity index (χ1v) is 15.7. The van der Waals surface area contributed by atoms with Crippen molar-refractivity contribution in [3.63, 3.8) is 0 Å². The predicted molar refractivity (Wildman–Crippen MR) is 181 cm³/mol. The molecule has 0 fully saturated rings. The molecular weight excluding hydrogens is 508 g/mol. The number of allylic oxidation sites excluding steroid dienone is 4. The Kier molecular flexibility index (Phi) is 7.43. The average Bonchev–Trinajstić information content (AvgIpc) is 3.32. The lowest BCUT2D eigenvalue weighted by Crippen LogP contribution is -2.31. The van der Waals surface area contributed by atoms with E-state index < -0.39 is 0 Å². The lowest BCUT2D eigenvalue weighted by molar-refractivity contribution is -0.399. The third kappa shape index (κ3) is 4.71. The van der Waals surface area contributed by atoms with Crippen LogP contribution in [0.15, 0.2) is 109 Å². The molecule has 42 heavy (non-hydrogen) atoms. The summed E-state index contributed by atoms with van der Waals surface area (Å²) in [6, 6.07) is 31.4. The lowest BCUT2D eigenvalue weighted by Gasteiger charge is -2.31. The third-order valence-corrected chi connectivity index (χ3v) is 9.70. The van der Waals surface area contributed by atoms with Gasteiger partial charge >= 0.3 is 0 Å². The van der Waals surface area contributed by atoms with E-state index in [1.165, 1.54) is 75.1 Å². The van der Waals surface area contributed by atoms with E-state index in [0.29, 0.717) is 0 Å². The van der Waals surface area contributed by atoms with E-state index in [2.05, 4.69) is 154 Å². The summed E-state index contributed by atoms with van der Waals surface area (Å²) in [5.41, 5.74) is 10.8. The molecule has 4 aromatic rings. The van der Waals surface area contributed by atoms with Crippen molar-refractivity contribution >= 4 is 27.9 Å². The minimum absolute atomic E-state index is 0.0764. The minimum Gasteiger partial charge on any atom is -0.344 e. The molecule has 214 valence electrons. The highest BCUT2D eigenvalue weighted by Crippen LogP contribution is 2.50. The third-order valence-electron chi connectivity index (χ3n) is 9.70. The highest BCUT2D eigenvalue weighted by molar-refractivity contribution is 6.07. The number of benzene rings is 4. The smallest absolute Gasteiger partial charge is 0.217 e. The zero-order valence-electron chi connectivity index (χ0n) is 26.2. The maximum absolute atomic E-state index is 2.62. The second kappa shape index (κ2) is 11.1. The Balaban J connectivity index is 1.45. The van der Waals surface area contributed by atoms with Crippen LogP contribution in [0.3, 0.4) is 0 Å². The molecule has 2 heterocycles. The van der Waals surface area contributed by atoms with Gasteiger partial charge in [0, 0.05) is 35.0 Å². The molecule has 0 spiro atoms. The monoisotopic (exact) mass is 553 g/mol. The molecule has 2 nitrogen and oxygen atoms in total. The summed E-state index contributed by atoms with van der Waals surface area (Å²) in [5, 5.41) is 2.62. The van der Waals surface area contributed by atoms with E-state index >= 15 is 0 Å². The number of anilines is 1. The maximum Gasteiger partial charge on any atom is 0.217 e. The van der Waals surface area contributed by atoms with Gasteiger partial charge < -0.3 is 4.90 Å². The first-order valence-electron chi connectivity index (χ1n) is 15.7. The van der Waals surface area contributed by atoms with Crippen molar-refractivity contribution in [3.8, 4) is 0 Å². The van der Waals surface area contributed by atoms with Gasteiger partial charge in [-0.05, 0) is 75.3 Å². The number of unbranched alkanes of at least 4 members (excludes halogenated alkanes) is 2. The molecule has 2 aliphatic heterocycles. The van der Waals surface area contributed by atoms with Gasteiger partial charge in [0.1, 0.15) is 7.05 Å². The summed E-state index contributed by atoms with van der Waals surface area (Å²) in [6.07, 6.45) is 11.8. The van der Waals surface area contributed by atoms with Crippen molar-refractivity contribution in [3.05, 3.63) is 131 Å². The van der Waals surface area contributed by atoms with Gasteiger partial charge in [0.15, 0.2) is 5.71 Å². The largest absolute Gasteiger partial charge is 0.344 e. The Morgan fingerprint density at radius 2 is 1.60 bits per heavy atom. The molecule has 4 aromatic carbocycles. The van der Waals surface area contributed by atoms with E-state index in [4.69, 9.17) is 0 Å². The molecule has 0 N–H and O–H groups in total. The van der Waals surface area contributed by atoms with Crippen molar-refractivity contribution in [2.75, 3.05) is 18.5 Å². The zero-order chi connectivity index (χ0) is 29.5. The van der Waals surface area contributed by atoms with Crippen LogP contribution in [0, 0.1) is 6.92 Å². The standard InChI is InChI=1S/C40H45N2/c1-7-8-14-26-42-35-25-22-29(2)27-34(35)40(5,28-30-16-10-9-11-17-30)37(42)21-15-20-36-39(3,4)33-24-23-31-18-12-13-19-32(31)38(33)41(36)6/h9-13,15-25,27H,7-8,14,26,28H2,1-6H3/q+1. The van der Waals surface area contributed by atoms with Crippen LogP contribution in [0.1, 0.15) is 69.2 Å². The van der Waals surface area contributed by atoms with Crippen LogP contribution in [0.25, 0.3) is 10.8 Å². The van der Waals surface area contributed by atoms with Crippen LogP contribution in [-0.2, 0) is 17.3 Å². The Morgan fingerprint density at radius 1 is 0.833 bits per heavy atom. The van der Waals surface area contributed by atoms with Gasteiger partial charge in [0.25, 0.3) is 0 Å². The van der Waals surface area contributed by atoms with Gasteiger partial charge in [-0.2, -0.15) is 4.58 Å². The molecule has 6 rings (SSSR count). The number of hydrogen-bond donors (Lipinski definition) is 0. The molecule has 1 atom stereocenters. The Labute approximate surface area is 252 Å². The van der Waals surface area contributed by atoms with Crippen LogP contribution >= 0.6 is 0 Å². The molecule has 0 saturated carbocycles. The number of hydrogen-bond acceptors (Lipinski definition) is 1.